The van der Waals surface area contributed by atoms with E-state index < -0.39 is 0 Å². The van der Waals surface area contributed by atoms with Crippen molar-refractivity contribution in [2.45, 2.75) is 125 Å². The summed E-state index contributed by atoms with van der Waals surface area (Å²) in [5.41, 5.74) is 0. The van der Waals surface area contributed by atoms with Gasteiger partial charge in [-0.25, -0.2) is 0 Å². The third-order valence-corrected chi connectivity index (χ3v) is 15.1. The Balaban J connectivity index is 4.19. The van der Waals surface area contributed by atoms with Gasteiger partial charge in [0.15, 0.2) is 0 Å². The molecule has 0 amide bonds. The minimum Gasteiger partial charge on any atom is -0.107 e. The predicted molar refractivity (Wildman–Crippen MR) is 158 cm³/mol. The van der Waals surface area contributed by atoms with Crippen LogP contribution in [0.2, 0.25) is 0 Å². The summed E-state index contributed by atoms with van der Waals surface area (Å²) in [6, 6.07) is 0. The quantitative estimate of drug-likeness (QED) is 0.0881. The Morgan fingerprint density at radius 3 is 0.581 bits per heavy atom. The summed E-state index contributed by atoms with van der Waals surface area (Å²) in [6.07, 6.45) is 34.8. The van der Waals surface area contributed by atoms with Crippen molar-refractivity contribution < 1.29 is 0 Å². The smallest absolute Gasteiger partial charge is 0.0326 e. The lowest BCUT2D eigenvalue weighted by Gasteiger charge is -2.21. The lowest BCUT2D eigenvalue weighted by molar-refractivity contribution is 0.833. The van der Waals surface area contributed by atoms with Crippen LogP contribution in [0.1, 0.15) is 125 Å². The second-order valence-corrected chi connectivity index (χ2v) is 17.8. The summed E-state index contributed by atoms with van der Waals surface area (Å²) in [5.74, 6) is 0. The maximum absolute atomic E-state index is 2.39. The highest BCUT2D eigenvalue weighted by Crippen LogP contribution is 2.43. The number of unbranched alkanes of at least 4 members (excludes halogenated alkanes) is 7. The van der Waals surface area contributed by atoms with E-state index in [2.05, 4.69) is 34.6 Å². The molecule has 0 aromatic rings. The Hall–Kier alpha value is 1.29. The number of hydrogen-bond acceptors (Lipinski definition) is 0. The summed E-state index contributed by atoms with van der Waals surface area (Å²) in [6.45, 7) is 11.9. The molecule has 0 aliphatic heterocycles. The molecule has 3 heteroatoms. The third-order valence-electron chi connectivity index (χ3n) is 6.54. The Morgan fingerprint density at radius 1 is 0.258 bits per heavy atom. The Morgan fingerprint density at radius 2 is 0.419 bits per heavy atom. The largest absolute Gasteiger partial charge is 0.107 e. The zero-order valence-electron chi connectivity index (χ0n) is 22.6. The van der Waals surface area contributed by atoms with E-state index in [1.807, 2.05) is 0 Å². The number of rotatable bonds is 25. The molecule has 0 aromatic heterocycles. The van der Waals surface area contributed by atoms with Gasteiger partial charge < -0.3 is 0 Å². The van der Waals surface area contributed by atoms with E-state index in [0.29, 0.717) is 23.8 Å². The molecule has 0 aromatic carbocycles. The lowest BCUT2D eigenvalue weighted by Crippen LogP contribution is -2.01. The highest BCUT2D eigenvalue weighted by molar-refractivity contribution is 7.58. The molecule has 0 radical (unpaired) electrons. The second kappa shape index (κ2) is 25.9. The van der Waals surface area contributed by atoms with Gasteiger partial charge in [-0.15, -0.1) is 23.8 Å². The molecule has 0 saturated heterocycles. The van der Waals surface area contributed by atoms with Gasteiger partial charge in [0.25, 0.3) is 0 Å². The fraction of sp³-hybridized carbons (Fsp3) is 1.00. The maximum atomic E-state index is 2.39. The van der Waals surface area contributed by atoms with Crippen molar-refractivity contribution >= 4 is 23.8 Å². The molecule has 0 atom stereocenters. The Bertz CT molecular complexity index is 290. The summed E-state index contributed by atoms with van der Waals surface area (Å²) in [7, 11) is 1.07. The van der Waals surface area contributed by atoms with Crippen molar-refractivity contribution in [1.29, 1.82) is 0 Å². The minimum atomic E-state index is 0.342. The molecule has 0 aliphatic rings. The molecule has 0 bridgehead atoms. The average molecular weight is 491 g/mol. The third kappa shape index (κ3) is 21.6. The normalized spacial score (nSPS) is 12.0. The van der Waals surface area contributed by atoms with Crippen LogP contribution < -0.4 is 0 Å². The number of hydrogen-bond donors (Lipinski definition) is 0. The first-order valence-corrected chi connectivity index (χ1v) is 20.1. The maximum Gasteiger partial charge on any atom is -0.0326 e. The molecule has 0 saturated carbocycles. The van der Waals surface area contributed by atoms with Crippen LogP contribution in [0, 0.1) is 0 Å². The van der Waals surface area contributed by atoms with Crippen LogP contribution in [0.15, 0.2) is 0 Å². The SMILES string of the molecule is CCCCP(CCCC)CCCCP(CCCC)CCCCP(CCCC)CCCC. The Labute approximate surface area is 203 Å². The van der Waals surface area contributed by atoms with Crippen LogP contribution in [0.25, 0.3) is 0 Å². The first-order valence-electron chi connectivity index (χ1n) is 14.4. The molecule has 0 nitrogen and oxygen atoms in total. The topological polar surface area (TPSA) is 0 Å². The van der Waals surface area contributed by atoms with Crippen LogP contribution in [0.5, 0.6) is 0 Å². The average Bonchev–Trinajstić information content (AvgIpc) is 2.79. The van der Waals surface area contributed by atoms with Crippen LogP contribution in [-0.2, 0) is 0 Å². The van der Waals surface area contributed by atoms with Crippen molar-refractivity contribution in [3.63, 3.8) is 0 Å². The van der Waals surface area contributed by atoms with Crippen molar-refractivity contribution in [3.8, 4) is 0 Å². The van der Waals surface area contributed by atoms with E-state index >= 15 is 0 Å². The van der Waals surface area contributed by atoms with Crippen molar-refractivity contribution in [2.24, 2.45) is 0 Å². The summed E-state index contributed by atoms with van der Waals surface area (Å²) < 4.78 is 0. The van der Waals surface area contributed by atoms with E-state index in [-0.39, 0.29) is 0 Å². The standard InChI is InChI=1S/C28H61P3/c1-6-11-20-29(21-12-7-2)25-16-18-27-31(24-15-10-5)28-19-17-26-30(22-13-8-3)23-14-9-4/h6-28H2,1-5H3. The summed E-state index contributed by atoms with van der Waals surface area (Å²) >= 11 is 0. The molecule has 0 N–H and O–H groups in total. The zero-order chi connectivity index (χ0) is 23.0. The van der Waals surface area contributed by atoms with Gasteiger partial charge in [0, 0.05) is 0 Å². The highest BCUT2D eigenvalue weighted by atomic mass is 31.1. The van der Waals surface area contributed by atoms with Gasteiger partial charge in [-0.05, 0) is 113 Å². The van der Waals surface area contributed by atoms with Gasteiger partial charge in [-0.1, -0.05) is 66.7 Å². The van der Waals surface area contributed by atoms with Crippen LogP contribution in [-0.4, -0.2) is 55.5 Å². The van der Waals surface area contributed by atoms with Crippen molar-refractivity contribution in [2.75, 3.05) is 55.5 Å². The first-order chi connectivity index (χ1) is 15.2. The molecular formula is C28H61P3. The summed E-state index contributed by atoms with van der Waals surface area (Å²) in [5, 5.41) is 0. The van der Waals surface area contributed by atoms with Gasteiger partial charge in [0.2, 0.25) is 0 Å². The minimum absolute atomic E-state index is 0.342. The summed E-state index contributed by atoms with van der Waals surface area (Å²) in [4.78, 5) is 0. The van der Waals surface area contributed by atoms with Gasteiger partial charge in [-0.3, -0.25) is 0 Å². The monoisotopic (exact) mass is 490 g/mol. The molecule has 188 valence electrons. The molecule has 0 heterocycles. The van der Waals surface area contributed by atoms with E-state index in [0.717, 1.165) is 0 Å². The molecule has 0 unspecified atom stereocenters. The van der Waals surface area contributed by atoms with Gasteiger partial charge in [0.05, 0.1) is 0 Å². The zero-order valence-corrected chi connectivity index (χ0v) is 25.3. The van der Waals surface area contributed by atoms with E-state index in [4.69, 9.17) is 0 Å². The Kier molecular flexibility index (Phi) is 27.0. The fourth-order valence-corrected chi connectivity index (χ4v) is 12.8. The fourth-order valence-electron chi connectivity index (χ4n) is 4.26. The molecular weight excluding hydrogens is 429 g/mol. The molecule has 0 spiro atoms. The van der Waals surface area contributed by atoms with Gasteiger partial charge >= 0.3 is 0 Å². The lowest BCUT2D eigenvalue weighted by atomic mass is 10.4. The molecule has 0 fully saturated rings. The highest BCUT2D eigenvalue weighted by Gasteiger charge is 2.11. The first kappa shape index (κ1) is 32.3. The molecule has 0 rings (SSSR count). The van der Waals surface area contributed by atoms with Crippen LogP contribution >= 0.6 is 23.8 Å². The predicted octanol–water partition coefficient (Wildman–Crippen LogP) is 11.0. The van der Waals surface area contributed by atoms with E-state index in [9.17, 15) is 0 Å². The molecule has 31 heavy (non-hydrogen) atoms. The van der Waals surface area contributed by atoms with Crippen LogP contribution in [0.3, 0.4) is 0 Å². The van der Waals surface area contributed by atoms with Gasteiger partial charge in [0.1, 0.15) is 0 Å². The van der Waals surface area contributed by atoms with Crippen molar-refractivity contribution in [3.05, 3.63) is 0 Å². The molecule has 0 aliphatic carbocycles. The van der Waals surface area contributed by atoms with Crippen molar-refractivity contribution in [1.82, 2.24) is 0 Å². The van der Waals surface area contributed by atoms with Gasteiger partial charge in [-0.2, -0.15) is 0 Å². The van der Waals surface area contributed by atoms with E-state index in [1.165, 1.54) is 64.2 Å². The second-order valence-electron chi connectivity index (χ2n) is 9.71. The van der Waals surface area contributed by atoms with E-state index in [1.54, 1.807) is 81.1 Å². The van der Waals surface area contributed by atoms with Crippen LogP contribution in [0.4, 0.5) is 0 Å².